The minimum Gasteiger partial charge on any atom is -0.444 e. The van der Waals surface area contributed by atoms with Crippen LogP contribution >= 0.6 is 0 Å². The van der Waals surface area contributed by atoms with E-state index in [4.69, 9.17) is 18.9 Å². The third-order valence-corrected chi connectivity index (χ3v) is 9.27. The van der Waals surface area contributed by atoms with Gasteiger partial charge in [-0.05, 0) is 171 Å². The highest BCUT2D eigenvalue weighted by molar-refractivity contribution is 6.02. The van der Waals surface area contributed by atoms with Gasteiger partial charge in [0.2, 0.25) is 11.9 Å². The van der Waals surface area contributed by atoms with Gasteiger partial charge in [0, 0.05) is 36.3 Å². The first-order valence-corrected chi connectivity index (χ1v) is 21.4. The lowest BCUT2D eigenvalue weighted by Crippen LogP contribution is -2.47. The zero-order valence-corrected chi connectivity index (χ0v) is 38.7. The summed E-state index contributed by atoms with van der Waals surface area (Å²) in [7, 11) is 0. The summed E-state index contributed by atoms with van der Waals surface area (Å²) in [5, 5.41) is 16.2. The molecule has 3 rings (SSSR count). The molecule has 18 heteroatoms. The van der Waals surface area contributed by atoms with Gasteiger partial charge in [-0.2, -0.15) is 0 Å². The number of ether oxygens (including phenoxy) is 4. The Labute approximate surface area is 366 Å². The van der Waals surface area contributed by atoms with Gasteiger partial charge in [-0.25, -0.2) is 19.2 Å². The Morgan fingerprint density at radius 2 is 0.694 bits per heavy atom. The van der Waals surface area contributed by atoms with Crippen LogP contribution in [0.5, 0.6) is 0 Å². The molecule has 18 nitrogen and oxygen atoms in total. The van der Waals surface area contributed by atoms with Crippen molar-refractivity contribution in [1.29, 1.82) is 0 Å². The molecule has 0 heterocycles. The van der Waals surface area contributed by atoms with E-state index in [1.54, 1.807) is 107 Å². The van der Waals surface area contributed by atoms with Crippen molar-refractivity contribution in [2.75, 3.05) is 13.1 Å². The van der Waals surface area contributed by atoms with E-state index < -0.39 is 46.8 Å². The predicted octanol–water partition coefficient (Wildman–Crippen LogP) is 7.07. The molecule has 0 atom stereocenters. The lowest BCUT2D eigenvalue weighted by Gasteiger charge is -2.29. The van der Waals surface area contributed by atoms with Crippen LogP contribution in [-0.4, -0.2) is 95.7 Å². The second-order valence-electron chi connectivity index (χ2n) is 19.8. The molecule has 2 fully saturated rings. The largest absolute Gasteiger partial charge is 0.444 e. The molecular weight excluding hydrogens is 801 g/mol. The van der Waals surface area contributed by atoms with Gasteiger partial charge in [-0.1, -0.05) is 0 Å². The molecule has 0 aromatic heterocycles. The topological polar surface area (TPSA) is 236 Å². The third-order valence-electron chi connectivity index (χ3n) is 9.27. The van der Waals surface area contributed by atoms with Crippen molar-refractivity contribution in [1.82, 2.24) is 31.9 Å². The SMILES string of the molecule is CC(C)(C)OC(=O)NC(=NCC1CCC(NC(=O)c2ccc(C(=O)NC3CCC(CN=C(NC(=O)OC(C)(C)C)NC(=O)OC(C)(C)C)CC3)cc2)CC1)NC(=O)OC(C)(C)C. The van der Waals surface area contributed by atoms with E-state index in [9.17, 15) is 28.8 Å². The third kappa shape index (κ3) is 20.9. The standard InChI is InChI=1S/C44H70N8O10/c1-41(2,3)59-37(55)49-35(50-38(56)60-42(4,5)6)45-25-27-13-21-31(22-14-27)47-33(53)29-17-19-30(20-18-29)34(54)48-32-23-15-28(16-24-32)26-46-36(51-39(57)61-43(7,8)9)52-40(58)62-44(10,11)12/h17-20,27-28,31-32H,13-16,21-26H2,1-12H3,(H,47,53)(H,48,54)(H2,45,49,50,55,56)(H2,46,51,52,57,58). The van der Waals surface area contributed by atoms with Crippen molar-refractivity contribution in [3.05, 3.63) is 35.4 Å². The van der Waals surface area contributed by atoms with Gasteiger partial charge in [-0.3, -0.25) is 40.8 Å². The number of carbonyl (C=O) groups excluding carboxylic acids is 6. The molecular formula is C44H70N8O10. The van der Waals surface area contributed by atoms with E-state index >= 15 is 0 Å². The number of alkyl carbamates (subject to hydrolysis) is 4. The first-order chi connectivity index (χ1) is 28.6. The smallest absolute Gasteiger partial charge is 0.414 e. The summed E-state index contributed by atoms with van der Waals surface area (Å²) in [6, 6.07) is 6.49. The molecule has 346 valence electrons. The second-order valence-corrected chi connectivity index (χ2v) is 19.8. The van der Waals surface area contributed by atoms with E-state index in [0.717, 1.165) is 51.4 Å². The summed E-state index contributed by atoms with van der Waals surface area (Å²) in [4.78, 5) is 84.9. The van der Waals surface area contributed by atoms with Crippen LogP contribution in [0.25, 0.3) is 0 Å². The van der Waals surface area contributed by atoms with E-state index in [-0.39, 0.29) is 47.7 Å². The van der Waals surface area contributed by atoms with Crippen LogP contribution in [0.4, 0.5) is 19.2 Å². The Balaban J connectivity index is 1.47. The number of hydrogen-bond donors (Lipinski definition) is 6. The van der Waals surface area contributed by atoms with Gasteiger partial charge < -0.3 is 29.6 Å². The molecule has 0 saturated heterocycles. The molecule has 2 aliphatic rings. The van der Waals surface area contributed by atoms with Gasteiger partial charge >= 0.3 is 24.4 Å². The summed E-state index contributed by atoms with van der Waals surface area (Å²) in [5.74, 6) is -0.254. The first kappa shape index (κ1) is 50.9. The predicted molar refractivity (Wildman–Crippen MR) is 235 cm³/mol. The van der Waals surface area contributed by atoms with Crippen molar-refractivity contribution >= 4 is 48.1 Å². The summed E-state index contributed by atoms with van der Waals surface area (Å²) in [6.07, 6.45) is 2.96. The number of benzene rings is 1. The molecule has 62 heavy (non-hydrogen) atoms. The maximum absolute atomic E-state index is 13.2. The van der Waals surface area contributed by atoms with E-state index in [1.165, 1.54) is 0 Å². The van der Waals surface area contributed by atoms with Crippen LogP contribution in [0.2, 0.25) is 0 Å². The summed E-state index contributed by atoms with van der Waals surface area (Å²) >= 11 is 0. The monoisotopic (exact) mass is 871 g/mol. The minimum absolute atomic E-state index is 0.0418. The maximum atomic E-state index is 13.2. The highest BCUT2D eigenvalue weighted by atomic mass is 16.6. The molecule has 6 amide bonds. The van der Waals surface area contributed by atoms with Gasteiger partial charge in [0.05, 0.1) is 0 Å². The normalized spacial score (nSPS) is 19.3. The second kappa shape index (κ2) is 22.1. The average molecular weight is 871 g/mol. The fraction of sp³-hybridized carbons (Fsp3) is 0.682. The van der Waals surface area contributed by atoms with Crippen molar-refractivity contribution in [2.45, 2.75) is 169 Å². The van der Waals surface area contributed by atoms with Crippen LogP contribution in [0.1, 0.15) is 155 Å². The maximum Gasteiger partial charge on any atom is 0.414 e. The molecule has 0 spiro atoms. The molecule has 0 aliphatic heterocycles. The van der Waals surface area contributed by atoms with Crippen LogP contribution in [-0.2, 0) is 18.9 Å². The van der Waals surface area contributed by atoms with Crippen molar-refractivity contribution in [2.24, 2.45) is 21.8 Å². The number of rotatable bonds is 8. The molecule has 6 N–H and O–H groups in total. The molecule has 1 aromatic carbocycles. The first-order valence-electron chi connectivity index (χ1n) is 21.4. The molecule has 2 saturated carbocycles. The molecule has 0 bridgehead atoms. The Hall–Kier alpha value is -5.42. The molecule has 1 aromatic rings. The van der Waals surface area contributed by atoms with Crippen molar-refractivity contribution in [3.8, 4) is 0 Å². The van der Waals surface area contributed by atoms with Gasteiger partial charge in [0.25, 0.3) is 11.8 Å². The number of amides is 6. The quantitative estimate of drug-likeness (QED) is 0.0883. The fourth-order valence-corrected chi connectivity index (χ4v) is 6.55. The summed E-state index contributed by atoms with van der Waals surface area (Å²) in [5.41, 5.74) is -2.09. The number of nitrogens with zero attached hydrogens (tertiary/aromatic N) is 2. The van der Waals surface area contributed by atoms with E-state index in [2.05, 4.69) is 41.9 Å². The Kier molecular flexibility index (Phi) is 18.1. The van der Waals surface area contributed by atoms with E-state index in [0.29, 0.717) is 24.2 Å². The Morgan fingerprint density at radius 1 is 0.452 bits per heavy atom. The fourth-order valence-electron chi connectivity index (χ4n) is 6.55. The number of aliphatic imine (C=N–C) groups is 2. The van der Waals surface area contributed by atoms with Crippen LogP contribution < -0.4 is 31.9 Å². The van der Waals surface area contributed by atoms with Crippen LogP contribution in [0, 0.1) is 11.8 Å². The lowest BCUT2D eigenvalue weighted by atomic mass is 9.86. The Morgan fingerprint density at radius 3 is 0.919 bits per heavy atom. The molecule has 2 aliphatic carbocycles. The van der Waals surface area contributed by atoms with Gasteiger partial charge in [-0.15, -0.1) is 0 Å². The highest BCUT2D eigenvalue weighted by Gasteiger charge is 2.27. The minimum atomic E-state index is -0.755. The Bertz CT molecular complexity index is 1580. The summed E-state index contributed by atoms with van der Waals surface area (Å²) in [6.45, 7) is 21.5. The summed E-state index contributed by atoms with van der Waals surface area (Å²) < 4.78 is 21.3. The zero-order valence-electron chi connectivity index (χ0n) is 38.7. The molecule has 0 radical (unpaired) electrons. The molecule has 0 unspecified atom stereocenters. The van der Waals surface area contributed by atoms with Crippen LogP contribution in [0.15, 0.2) is 34.3 Å². The van der Waals surface area contributed by atoms with Gasteiger partial charge in [0.15, 0.2) is 0 Å². The van der Waals surface area contributed by atoms with Crippen molar-refractivity contribution < 1.29 is 47.7 Å². The number of guanidine groups is 2. The number of carbonyl (C=O) groups is 6. The average Bonchev–Trinajstić information content (AvgIpc) is 3.11. The van der Waals surface area contributed by atoms with Gasteiger partial charge in [0.1, 0.15) is 22.4 Å². The number of hydrogen-bond acceptors (Lipinski definition) is 12. The van der Waals surface area contributed by atoms with E-state index in [1.807, 2.05) is 0 Å². The van der Waals surface area contributed by atoms with Crippen LogP contribution in [0.3, 0.4) is 0 Å². The number of nitrogens with one attached hydrogen (secondary N) is 6. The zero-order chi connectivity index (χ0) is 46.5. The highest BCUT2D eigenvalue weighted by Crippen LogP contribution is 2.26. The lowest BCUT2D eigenvalue weighted by molar-refractivity contribution is 0.0521. The van der Waals surface area contributed by atoms with Crippen molar-refractivity contribution in [3.63, 3.8) is 0 Å².